The van der Waals surface area contributed by atoms with Crippen molar-refractivity contribution in [3.63, 3.8) is 0 Å². The normalized spacial score (nSPS) is 57.2. The Morgan fingerprint density at radius 1 is 0.738 bits per heavy atom. The number of aliphatic hydroxyl groups excluding tert-OH is 8. The lowest BCUT2D eigenvalue weighted by Crippen LogP contribution is -2.66. The second kappa shape index (κ2) is 16.6. The fraction of sp³-hybridized carbons (Fsp3) is 0.911. The van der Waals surface area contributed by atoms with Gasteiger partial charge in [-0.05, 0) is 99.7 Å². The van der Waals surface area contributed by atoms with Gasteiger partial charge in [0.2, 0.25) is 0 Å². The standard InChI is InChI=1S/C45H70O16/c1-19-9-14-45(54-18-19)20(2)30-28(61-45)16-27-25-8-7-23-15-24(10-12-43(23,5)26(25)11-13-44(27,30)6)57-42-39(60-41-36(52)34(50)32(48)22(4)56-41)37(53)38(29(17-46)58-42)59-40-35(51)33(49)31(47)21(3)55-40/h7,20-22,24-42,46-53H,1,8-18H2,2-6H3. The van der Waals surface area contributed by atoms with E-state index in [1.54, 1.807) is 0 Å². The predicted octanol–water partition coefficient (Wildman–Crippen LogP) is 1.16. The van der Waals surface area contributed by atoms with Crippen LogP contribution in [0.25, 0.3) is 0 Å². The van der Waals surface area contributed by atoms with Crippen molar-refractivity contribution in [2.75, 3.05) is 13.2 Å². The van der Waals surface area contributed by atoms with Gasteiger partial charge in [0.15, 0.2) is 24.7 Å². The Hall–Kier alpha value is -1.16. The highest BCUT2D eigenvalue weighted by atomic mass is 16.8. The average molecular weight is 867 g/mol. The maximum atomic E-state index is 12.0. The number of fused-ring (bicyclic) bond motifs is 7. The molecule has 25 atom stereocenters. The third-order valence-electron chi connectivity index (χ3n) is 17.4. The summed E-state index contributed by atoms with van der Waals surface area (Å²) in [6.45, 7) is 14.4. The van der Waals surface area contributed by atoms with E-state index in [1.165, 1.54) is 19.4 Å². The zero-order valence-electron chi connectivity index (χ0n) is 36.1. The first-order valence-corrected chi connectivity index (χ1v) is 22.9. The zero-order valence-corrected chi connectivity index (χ0v) is 36.1. The highest BCUT2D eigenvalue weighted by Crippen LogP contribution is 2.70. The summed E-state index contributed by atoms with van der Waals surface area (Å²) in [5.41, 5.74) is 2.63. The Balaban J connectivity index is 0.917. The first kappa shape index (κ1) is 45.0. The molecule has 16 nitrogen and oxygen atoms in total. The van der Waals surface area contributed by atoms with Crippen LogP contribution in [0.15, 0.2) is 23.8 Å². The van der Waals surface area contributed by atoms with Gasteiger partial charge < -0.3 is 78.7 Å². The van der Waals surface area contributed by atoms with Crippen LogP contribution >= 0.6 is 0 Å². The summed E-state index contributed by atoms with van der Waals surface area (Å²) in [5.74, 6) is 1.90. The molecule has 1 spiro atoms. The molecule has 0 aromatic heterocycles. The van der Waals surface area contributed by atoms with Crippen molar-refractivity contribution in [3.05, 3.63) is 23.8 Å². The van der Waals surface area contributed by atoms with Gasteiger partial charge in [-0.25, -0.2) is 0 Å². The Morgan fingerprint density at radius 2 is 1.39 bits per heavy atom. The molecule has 5 saturated heterocycles. The van der Waals surface area contributed by atoms with Crippen LogP contribution in [-0.4, -0.2) is 164 Å². The highest BCUT2D eigenvalue weighted by Gasteiger charge is 2.69. The van der Waals surface area contributed by atoms with E-state index in [0.29, 0.717) is 49.0 Å². The molecule has 346 valence electrons. The van der Waals surface area contributed by atoms with E-state index in [1.807, 2.05) is 0 Å². The first-order valence-electron chi connectivity index (χ1n) is 22.9. The quantitative estimate of drug-likeness (QED) is 0.168. The Morgan fingerprint density at radius 3 is 2.02 bits per heavy atom. The average Bonchev–Trinajstić information content (AvgIpc) is 3.69. The van der Waals surface area contributed by atoms with E-state index < -0.39 is 105 Å². The van der Waals surface area contributed by atoms with Crippen LogP contribution in [0.1, 0.15) is 92.4 Å². The van der Waals surface area contributed by atoms with E-state index in [0.717, 1.165) is 50.5 Å². The smallest absolute Gasteiger partial charge is 0.187 e. The van der Waals surface area contributed by atoms with Crippen molar-refractivity contribution in [2.45, 2.75) is 203 Å². The maximum Gasteiger partial charge on any atom is 0.187 e. The molecule has 5 heterocycles. The van der Waals surface area contributed by atoms with Gasteiger partial charge >= 0.3 is 0 Å². The molecular weight excluding hydrogens is 796 g/mol. The van der Waals surface area contributed by atoms with Gasteiger partial charge in [-0.3, -0.25) is 0 Å². The van der Waals surface area contributed by atoms with Gasteiger partial charge in [0.25, 0.3) is 0 Å². The lowest BCUT2D eigenvalue weighted by Gasteiger charge is -2.58. The van der Waals surface area contributed by atoms with Crippen molar-refractivity contribution in [1.82, 2.24) is 0 Å². The van der Waals surface area contributed by atoms with Gasteiger partial charge in [0.1, 0.15) is 61.0 Å². The van der Waals surface area contributed by atoms with E-state index >= 15 is 0 Å². The second-order valence-corrected chi connectivity index (χ2v) is 20.6. The Bertz CT molecular complexity index is 1640. The number of aliphatic hydroxyl groups is 8. The molecule has 9 rings (SSSR count). The molecule has 25 unspecified atom stereocenters. The number of allylic oxidation sites excluding steroid dienone is 1. The van der Waals surface area contributed by atoms with Crippen LogP contribution in [0.3, 0.4) is 0 Å². The number of rotatable bonds is 7. The molecule has 4 aliphatic carbocycles. The molecule has 0 bridgehead atoms. The van der Waals surface area contributed by atoms with Crippen molar-refractivity contribution >= 4 is 0 Å². The van der Waals surface area contributed by atoms with Gasteiger partial charge in [0.05, 0.1) is 37.6 Å². The van der Waals surface area contributed by atoms with Crippen molar-refractivity contribution in [1.29, 1.82) is 0 Å². The van der Waals surface area contributed by atoms with Crippen LogP contribution < -0.4 is 0 Å². The topological polar surface area (TPSA) is 236 Å². The van der Waals surface area contributed by atoms with Crippen molar-refractivity contribution < 1.29 is 78.7 Å². The molecule has 8 N–H and O–H groups in total. The molecule has 0 aromatic rings. The number of ether oxygens (including phenoxy) is 8. The molecule has 8 fully saturated rings. The predicted molar refractivity (Wildman–Crippen MR) is 213 cm³/mol. The van der Waals surface area contributed by atoms with Crippen molar-refractivity contribution in [3.8, 4) is 0 Å². The lowest BCUT2D eigenvalue weighted by molar-refractivity contribution is -0.388. The van der Waals surface area contributed by atoms with Crippen molar-refractivity contribution in [2.24, 2.45) is 40.4 Å². The third kappa shape index (κ3) is 7.35. The number of hydrogen-bond donors (Lipinski definition) is 8. The fourth-order valence-electron chi connectivity index (χ4n) is 13.8. The minimum absolute atomic E-state index is 0.0268. The molecule has 9 aliphatic rings. The summed E-state index contributed by atoms with van der Waals surface area (Å²) in [6, 6.07) is 0. The summed E-state index contributed by atoms with van der Waals surface area (Å²) in [4.78, 5) is 0. The SMILES string of the molecule is C=C1CCC2(OC1)OC1CC3C4CC=C5CC(OC6OC(CO)C(OC7OC(C)C(O)C(O)C7O)C(O)C6OC6OC(C)C(O)C(O)C6O)CCC5(C)C4CCC3(C)C1C2C. The van der Waals surface area contributed by atoms with Crippen LogP contribution in [0.5, 0.6) is 0 Å². The van der Waals surface area contributed by atoms with E-state index in [-0.39, 0.29) is 23.0 Å². The molecule has 16 heteroatoms. The van der Waals surface area contributed by atoms with Gasteiger partial charge in [-0.2, -0.15) is 0 Å². The highest BCUT2D eigenvalue weighted by molar-refractivity contribution is 5.26. The summed E-state index contributed by atoms with van der Waals surface area (Å²) in [5, 5.41) is 85.9. The largest absolute Gasteiger partial charge is 0.394 e. The van der Waals surface area contributed by atoms with E-state index in [9.17, 15) is 40.9 Å². The zero-order chi connectivity index (χ0) is 43.5. The third-order valence-corrected chi connectivity index (χ3v) is 17.4. The molecule has 0 radical (unpaired) electrons. The van der Waals surface area contributed by atoms with Gasteiger partial charge in [-0.1, -0.05) is 44.6 Å². The molecular formula is C45H70O16. The Labute approximate surface area is 358 Å². The molecule has 61 heavy (non-hydrogen) atoms. The van der Waals surface area contributed by atoms with Crippen LogP contribution in [-0.2, 0) is 37.9 Å². The van der Waals surface area contributed by atoms with Gasteiger partial charge in [-0.15, -0.1) is 0 Å². The second-order valence-electron chi connectivity index (χ2n) is 20.6. The minimum Gasteiger partial charge on any atom is -0.394 e. The summed E-state index contributed by atoms with van der Waals surface area (Å²) < 4.78 is 50.0. The molecule has 3 saturated carbocycles. The van der Waals surface area contributed by atoms with Gasteiger partial charge in [0, 0.05) is 12.3 Å². The lowest BCUT2D eigenvalue weighted by atomic mass is 9.47. The summed E-state index contributed by atoms with van der Waals surface area (Å²) in [6.07, 6.45) is -10.8. The minimum atomic E-state index is -1.71. The monoisotopic (exact) mass is 866 g/mol. The summed E-state index contributed by atoms with van der Waals surface area (Å²) >= 11 is 0. The first-order chi connectivity index (χ1) is 28.9. The molecule has 0 amide bonds. The van der Waals surface area contributed by atoms with Crippen LogP contribution in [0.2, 0.25) is 0 Å². The maximum absolute atomic E-state index is 12.0. The summed E-state index contributed by atoms with van der Waals surface area (Å²) in [7, 11) is 0. The molecule has 5 aliphatic heterocycles. The van der Waals surface area contributed by atoms with E-state index in [4.69, 9.17) is 37.9 Å². The molecule has 0 aromatic carbocycles. The Kier molecular flexibility index (Phi) is 12.3. The van der Waals surface area contributed by atoms with E-state index in [2.05, 4.69) is 33.4 Å². The number of hydrogen-bond acceptors (Lipinski definition) is 16. The fourth-order valence-corrected chi connectivity index (χ4v) is 13.8. The van der Waals surface area contributed by atoms with Crippen LogP contribution in [0.4, 0.5) is 0 Å². The van der Waals surface area contributed by atoms with Crippen LogP contribution in [0, 0.1) is 40.4 Å².